The largest absolute Gasteiger partial charge is 0.508 e. The summed E-state index contributed by atoms with van der Waals surface area (Å²) in [6, 6.07) is 22.1. The van der Waals surface area contributed by atoms with Gasteiger partial charge in [0.2, 0.25) is 0 Å². The summed E-state index contributed by atoms with van der Waals surface area (Å²) in [5.74, 6) is 0.104. The number of aromatic hydroxyl groups is 1. The van der Waals surface area contributed by atoms with Gasteiger partial charge < -0.3 is 9.67 Å². The van der Waals surface area contributed by atoms with E-state index in [1.54, 1.807) is 24.3 Å². The van der Waals surface area contributed by atoms with Crippen molar-refractivity contribution in [1.82, 2.24) is 15.0 Å². The fraction of sp³-hybridized carbons (Fsp3) is 0.0870. The van der Waals surface area contributed by atoms with E-state index in [4.69, 9.17) is 11.6 Å². The molecule has 1 aromatic heterocycles. The summed E-state index contributed by atoms with van der Waals surface area (Å²) in [6.07, 6.45) is 1.52. The molecule has 4 rings (SSSR count). The standard InChI is InChI=1S/C23H19ClN4O2S/c24-19-6-2-1-5-17(19)14-28-21-8-4-3-7-20(21)26-23(28)31-15-22(30)27-25-13-16-9-11-18(29)12-10-16/h1-13,29H,14-15H2,(H,27,30). The lowest BCUT2D eigenvalue weighted by Gasteiger charge is -2.10. The molecule has 156 valence electrons. The SMILES string of the molecule is O=C(CSc1nc2ccccc2n1Cc1ccccc1Cl)NN=Cc1ccc(O)cc1. The van der Waals surface area contributed by atoms with Gasteiger partial charge in [-0.2, -0.15) is 5.10 Å². The number of carbonyl (C=O) groups excluding carboxylic acids is 1. The van der Waals surface area contributed by atoms with E-state index in [0.717, 1.165) is 27.3 Å². The van der Waals surface area contributed by atoms with Crippen LogP contribution in [0.2, 0.25) is 5.02 Å². The molecule has 0 unspecified atom stereocenters. The summed E-state index contributed by atoms with van der Waals surface area (Å²) in [5, 5.41) is 14.7. The van der Waals surface area contributed by atoms with E-state index in [2.05, 4.69) is 20.1 Å². The fourth-order valence-electron chi connectivity index (χ4n) is 3.01. The minimum atomic E-state index is -0.239. The summed E-state index contributed by atoms with van der Waals surface area (Å²) in [6.45, 7) is 0.559. The number of hydrogen-bond acceptors (Lipinski definition) is 5. The Morgan fingerprint density at radius 1 is 1.10 bits per heavy atom. The van der Waals surface area contributed by atoms with Crippen LogP contribution in [-0.2, 0) is 11.3 Å². The number of carbonyl (C=O) groups is 1. The Morgan fingerprint density at radius 2 is 1.84 bits per heavy atom. The minimum Gasteiger partial charge on any atom is -0.508 e. The van der Waals surface area contributed by atoms with E-state index < -0.39 is 0 Å². The third-order valence-corrected chi connectivity index (χ3v) is 5.88. The quantitative estimate of drug-likeness (QED) is 0.243. The maximum Gasteiger partial charge on any atom is 0.250 e. The number of phenolic OH excluding ortho intramolecular Hbond substituents is 1. The van der Waals surface area contributed by atoms with E-state index in [1.807, 2.05) is 48.5 Å². The topological polar surface area (TPSA) is 79.5 Å². The zero-order chi connectivity index (χ0) is 21.6. The van der Waals surface area contributed by atoms with Crippen molar-refractivity contribution in [2.45, 2.75) is 11.7 Å². The lowest BCUT2D eigenvalue weighted by molar-refractivity contribution is -0.118. The van der Waals surface area contributed by atoms with Crippen molar-refractivity contribution in [2.24, 2.45) is 5.10 Å². The molecular weight excluding hydrogens is 432 g/mol. The number of halogens is 1. The van der Waals surface area contributed by atoms with Gasteiger partial charge in [-0.15, -0.1) is 0 Å². The number of benzene rings is 3. The molecule has 0 bridgehead atoms. The number of hydrazone groups is 1. The molecule has 0 aliphatic carbocycles. The Morgan fingerprint density at radius 3 is 2.65 bits per heavy atom. The molecule has 3 aromatic carbocycles. The molecule has 31 heavy (non-hydrogen) atoms. The van der Waals surface area contributed by atoms with Crippen molar-refractivity contribution in [3.8, 4) is 5.75 Å². The fourth-order valence-corrected chi connectivity index (χ4v) is 4.02. The van der Waals surface area contributed by atoms with Crippen molar-refractivity contribution in [1.29, 1.82) is 0 Å². The number of thioether (sulfide) groups is 1. The van der Waals surface area contributed by atoms with Gasteiger partial charge in [-0.1, -0.05) is 53.7 Å². The first kappa shape index (κ1) is 21.0. The summed E-state index contributed by atoms with van der Waals surface area (Å²) < 4.78 is 2.06. The second-order valence-corrected chi connectivity index (χ2v) is 8.08. The van der Waals surface area contributed by atoms with Gasteiger partial charge in [-0.3, -0.25) is 4.79 Å². The smallest absolute Gasteiger partial charge is 0.250 e. The third-order valence-electron chi connectivity index (χ3n) is 4.53. The average molecular weight is 451 g/mol. The van der Waals surface area contributed by atoms with Crippen molar-refractivity contribution in [3.63, 3.8) is 0 Å². The Hall–Kier alpha value is -3.29. The number of nitrogens with one attached hydrogen (secondary N) is 1. The number of imidazole rings is 1. The van der Waals surface area contributed by atoms with Gasteiger partial charge in [-0.25, -0.2) is 10.4 Å². The van der Waals surface area contributed by atoms with E-state index >= 15 is 0 Å². The van der Waals surface area contributed by atoms with Crippen molar-refractivity contribution < 1.29 is 9.90 Å². The Kier molecular flexibility index (Phi) is 6.54. The molecule has 0 fully saturated rings. The van der Waals surface area contributed by atoms with Gasteiger partial charge in [0.05, 0.1) is 29.5 Å². The normalized spacial score (nSPS) is 11.3. The van der Waals surface area contributed by atoms with Gasteiger partial charge in [-0.05, 0) is 53.6 Å². The molecule has 0 aliphatic heterocycles. The predicted octanol–water partition coefficient (Wildman–Crippen LogP) is 4.69. The zero-order valence-electron chi connectivity index (χ0n) is 16.4. The van der Waals surface area contributed by atoms with Gasteiger partial charge in [0.25, 0.3) is 5.91 Å². The molecule has 0 saturated carbocycles. The summed E-state index contributed by atoms with van der Waals surface area (Å²) in [7, 11) is 0. The van der Waals surface area contributed by atoms with Crippen LogP contribution in [-0.4, -0.2) is 32.5 Å². The van der Waals surface area contributed by atoms with Crippen LogP contribution < -0.4 is 5.43 Å². The predicted molar refractivity (Wildman–Crippen MR) is 125 cm³/mol. The van der Waals surface area contributed by atoms with Crippen molar-refractivity contribution in [2.75, 3.05) is 5.75 Å². The molecular formula is C23H19ClN4O2S. The summed E-state index contributed by atoms with van der Waals surface area (Å²) in [5.41, 5.74) is 6.12. The van der Waals surface area contributed by atoms with E-state index in [1.165, 1.54) is 18.0 Å². The zero-order valence-corrected chi connectivity index (χ0v) is 18.0. The number of phenols is 1. The molecule has 0 radical (unpaired) electrons. The number of rotatable bonds is 7. The van der Waals surface area contributed by atoms with Gasteiger partial charge >= 0.3 is 0 Å². The lowest BCUT2D eigenvalue weighted by Crippen LogP contribution is -2.20. The highest BCUT2D eigenvalue weighted by molar-refractivity contribution is 7.99. The minimum absolute atomic E-state index is 0.165. The highest BCUT2D eigenvalue weighted by atomic mass is 35.5. The first-order chi connectivity index (χ1) is 15.1. The Bertz CT molecular complexity index is 1240. The molecule has 8 heteroatoms. The van der Waals surface area contributed by atoms with Crippen LogP contribution in [0, 0.1) is 0 Å². The number of hydrogen-bond donors (Lipinski definition) is 2. The highest BCUT2D eigenvalue weighted by Crippen LogP contribution is 2.27. The number of nitrogens with zero attached hydrogens (tertiary/aromatic N) is 3. The van der Waals surface area contributed by atoms with Gasteiger partial charge in [0.15, 0.2) is 5.16 Å². The van der Waals surface area contributed by atoms with Gasteiger partial charge in [0, 0.05) is 5.02 Å². The monoisotopic (exact) mass is 450 g/mol. The van der Waals surface area contributed by atoms with Crippen LogP contribution in [0.5, 0.6) is 5.75 Å². The number of aromatic nitrogens is 2. The number of amides is 1. The van der Waals surface area contributed by atoms with E-state index in [0.29, 0.717) is 11.6 Å². The Labute approximate surface area is 188 Å². The van der Waals surface area contributed by atoms with Gasteiger partial charge in [0.1, 0.15) is 5.75 Å². The van der Waals surface area contributed by atoms with Crippen LogP contribution in [0.25, 0.3) is 11.0 Å². The molecule has 1 amide bonds. The maximum atomic E-state index is 12.3. The lowest BCUT2D eigenvalue weighted by atomic mass is 10.2. The maximum absolute atomic E-state index is 12.3. The molecule has 4 aromatic rings. The van der Waals surface area contributed by atoms with Crippen LogP contribution in [0.4, 0.5) is 0 Å². The third kappa shape index (κ3) is 5.25. The number of fused-ring (bicyclic) bond motifs is 1. The molecule has 0 spiro atoms. The molecule has 0 atom stereocenters. The summed E-state index contributed by atoms with van der Waals surface area (Å²) >= 11 is 7.70. The molecule has 1 heterocycles. The van der Waals surface area contributed by atoms with E-state index in [-0.39, 0.29) is 17.4 Å². The second kappa shape index (κ2) is 9.68. The molecule has 0 aliphatic rings. The molecule has 2 N–H and O–H groups in total. The van der Waals surface area contributed by atoms with Crippen LogP contribution >= 0.6 is 23.4 Å². The second-order valence-electron chi connectivity index (χ2n) is 6.73. The summed E-state index contributed by atoms with van der Waals surface area (Å²) in [4.78, 5) is 16.9. The van der Waals surface area contributed by atoms with Crippen LogP contribution in [0.1, 0.15) is 11.1 Å². The number of para-hydroxylation sites is 2. The van der Waals surface area contributed by atoms with E-state index in [9.17, 15) is 9.90 Å². The van der Waals surface area contributed by atoms with Crippen molar-refractivity contribution in [3.05, 3.63) is 88.9 Å². The molecule has 0 saturated heterocycles. The highest BCUT2D eigenvalue weighted by Gasteiger charge is 2.14. The first-order valence-electron chi connectivity index (χ1n) is 9.52. The molecule has 6 nitrogen and oxygen atoms in total. The average Bonchev–Trinajstić information content (AvgIpc) is 3.13. The van der Waals surface area contributed by atoms with Crippen LogP contribution in [0.15, 0.2) is 83.1 Å². The first-order valence-corrected chi connectivity index (χ1v) is 10.9. The Balaban J connectivity index is 1.46. The van der Waals surface area contributed by atoms with Crippen LogP contribution in [0.3, 0.4) is 0 Å². The van der Waals surface area contributed by atoms with Crippen molar-refractivity contribution >= 4 is 46.5 Å².